The SMILES string of the molecule is CC(=O)C1=C(c2ccccc2)NC(=S)N[C@H]1c1c(F)cccc1Cl. The zero-order chi connectivity index (χ0) is 17.3. The van der Waals surface area contributed by atoms with Crippen molar-refractivity contribution in [2.45, 2.75) is 13.0 Å². The molecule has 0 spiro atoms. The van der Waals surface area contributed by atoms with Crippen LogP contribution in [0.15, 0.2) is 54.1 Å². The van der Waals surface area contributed by atoms with Crippen molar-refractivity contribution in [3.05, 3.63) is 76.1 Å². The van der Waals surface area contributed by atoms with Crippen LogP contribution >= 0.6 is 23.8 Å². The number of hydrogen-bond acceptors (Lipinski definition) is 2. The quantitative estimate of drug-likeness (QED) is 0.812. The summed E-state index contributed by atoms with van der Waals surface area (Å²) in [4.78, 5) is 12.3. The monoisotopic (exact) mass is 360 g/mol. The van der Waals surface area contributed by atoms with Crippen LogP contribution in [0.25, 0.3) is 5.70 Å². The predicted octanol–water partition coefficient (Wildman–Crippen LogP) is 4.00. The molecule has 0 amide bonds. The maximum Gasteiger partial charge on any atom is 0.171 e. The van der Waals surface area contributed by atoms with Gasteiger partial charge in [0.05, 0.1) is 11.7 Å². The van der Waals surface area contributed by atoms with Gasteiger partial charge in [0.15, 0.2) is 10.9 Å². The minimum absolute atomic E-state index is 0.194. The van der Waals surface area contributed by atoms with Crippen molar-refractivity contribution in [1.82, 2.24) is 10.6 Å². The lowest BCUT2D eigenvalue weighted by molar-refractivity contribution is -0.113. The van der Waals surface area contributed by atoms with Crippen molar-refractivity contribution in [2.24, 2.45) is 0 Å². The summed E-state index contributed by atoms with van der Waals surface area (Å²) in [5.41, 5.74) is 1.96. The number of thiocarbonyl (C=S) groups is 1. The number of carbonyl (C=O) groups excluding carboxylic acids is 1. The molecule has 2 aromatic rings. The Morgan fingerprint density at radius 2 is 1.88 bits per heavy atom. The van der Waals surface area contributed by atoms with Gasteiger partial charge in [0.1, 0.15) is 5.82 Å². The van der Waals surface area contributed by atoms with Crippen molar-refractivity contribution in [3.8, 4) is 0 Å². The number of benzene rings is 2. The lowest BCUT2D eigenvalue weighted by atomic mass is 9.90. The highest BCUT2D eigenvalue weighted by Crippen LogP contribution is 2.36. The van der Waals surface area contributed by atoms with E-state index in [2.05, 4.69) is 10.6 Å². The summed E-state index contributed by atoms with van der Waals surface area (Å²) >= 11 is 11.4. The fourth-order valence-corrected chi connectivity index (χ4v) is 3.27. The van der Waals surface area contributed by atoms with Crippen LogP contribution in [0, 0.1) is 5.82 Å². The first-order valence-corrected chi connectivity index (χ1v) is 8.09. The minimum atomic E-state index is -0.750. The van der Waals surface area contributed by atoms with Gasteiger partial charge in [-0.1, -0.05) is 48.0 Å². The third-order valence-corrected chi connectivity index (χ3v) is 4.35. The van der Waals surface area contributed by atoms with E-state index in [0.717, 1.165) is 5.56 Å². The van der Waals surface area contributed by atoms with Gasteiger partial charge >= 0.3 is 0 Å². The van der Waals surface area contributed by atoms with Gasteiger partial charge in [0.25, 0.3) is 0 Å². The molecule has 0 radical (unpaired) electrons. The Hall–Kier alpha value is -2.24. The second-order valence-corrected chi connectivity index (χ2v) is 6.19. The van der Waals surface area contributed by atoms with Crippen LogP contribution in [0.1, 0.15) is 24.1 Å². The Kier molecular flexibility index (Phi) is 4.64. The van der Waals surface area contributed by atoms with Crippen LogP contribution < -0.4 is 10.6 Å². The molecule has 0 fully saturated rings. The largest absolute Gasteiger partial charge is 0.351 e. The molecule has 1 heterocycles. The lowest BCUT2D eigenvalue weighted by Crippen LogP contribution is -2.45. The van der Waals surface area contributed by atoms with E-state index >= 15 is 0 Å². The van der Waals surface area contributed by atoms with Crippen LogP contribution in [0.3, 0.4) is 0 Å². The Morgan fingerprint density at radius 3 is 2.50 bits per heavy atom. The van der Waals surface area contributed by atoms with Gasteiger partial charge in [-0.3, -0.25) is 4.79 Å². The Morgan fingerprint density at radius 1 is 1.17 bits per heavy atom. The first-order valence-electron chi connectivity index (χ1n) is 7.31. The molecule has 6 heteroatoms. The average molecular weight is 361 g/mol. The molecule has 0 saturated heterocycles. The van der Waals surface area contributed by atoms with Crippen molar-refractivity contribution < 1.29 is 9.18 Å². The van der Waals surface area contributed by atoms with Crippen molar-refractivity contribution >= 4 is 40.4 Å². The van der Waals surface area contributed by atoms with Gasteiger partial charge < -0.3 is 10.6 Å². The van der Waals surface area contributed by atoms with E-state index in [1.165, 1.54) is 19.1 Å². The summed E-state index contributed by atoms with van der Waals surface area (Å²) in [6.45, 7) is 1.44. The third-order valence-electron chi connectivity index (χ3n) is 3.80. The topological polar surface area (TPSA) is 41.1 Å². The maximum absolute atomic E-state index is 14.4. The average Bonchev–Trinajstić information content (AvgIpc) is 2.54. The molecule has 122 valence electrons. The number of rotatable bonds is 3. The lowest BCUT2D eigenvalue weighted by Gasteiger charge is -2.31. The molecule has 0 saturated carbocycles. The van der Waals surface area contributed by atoms with Crippen LogP contribution in [-0.2, 0) is 4.79 Å². The number of Topliss-reactive ketones (excluding diaryl/α,β-unsaturated/α-hetero) is 1. The van der Waals surface area contributed by atoms with Crippen molar-refractivity contribution in [3.63, 3.8) is 0 Å². The van der Waals surface area contributed by atoms with E-state index in [1.807, 2.05) is 30.3 Å². The highest BCUT2D eigenvalue weighted by Gasteiger charge is 2.33. The zero-order valence-electron chi connectivity index (χ0n) is 12.8. The zero-order valence-corrected chi connectivity index (χ0v) is 14.3. The fourth-order valence-electron chi connectivity index (χ4n) is 2.78. The summed E-state index contributed by atoms with van der Waals surface area (Å²) in [7, 11) is 0. The first kappa shape index (κ1) is 16.6. The molecule has 0 aromatic heterocycles. The number of halogens is 2. The van der Waals surface area contributed by atoms with Gasteiger partial charge in [-0.2, -0.15) is 0 Å². The Bertz CT molecular complexity index is 831. The van der Waals surface area contributed by atoms with Crippen LogP contribution in [0.4, 0.5) is 4.39 Å². The third kappa shape index (κ3) is 3.05. The number of nitrogens with one attached hydrogen (secondary N) is 2. The molecule has 0 unspecified atom stereocenters. The minimum Gasteiger partial charge on any atom is -0.351 e. The Balaban J connectivity index is 2.25. The van der Waals surface area contributed by atoms with Crippen molar-refractivity contribution in [2.75, 3.05) is 0 Å². The molecule has 1 aliphatic heterocycles. The fraction of sp³-hybridized carbons (Fsp3) is 0.111. The highest BCUT2D eigenvalue weighted by molar-refractivity contribution is 7.80. The summed E-state index contributed by atoms with van der Waals surface area (Å²) in [6, 6.07) is 13.0. The molecule has 2 aromatic carbocycles. The summed E-state index contributed by atoms with van der Waals surface area (Å²) in [5, 5.41) is 6.53. The van der Waals surface area contributed by atoms with Crippen LogP contribution in [0.5, 0.6) is 0 Å². The Labute approximate surface area is 149 Å². The summed E-state index contributed by atoms with van der Waals surface area (Å²) in [6.07, 6.45) is 0. The molecule has 3 nitrogen and oxygen atoms in total. The standard InChI is InChI=1S/C18H14ClFN2OS/c1-10(23)14-16(11-6-3-2-4-7-11)21-18(24)22-17(14)15-12(19)8-5-9-13(15)20/h2-9,17H,1H3,(H2,21,22,24)/t17-/m1/s1. The molecular formula is C18H14ClFN2OS. The molecule has 0 aliphatic carbocycles. The second-order valence-electron chi connectivity index (χ2n) is 5.38. The first-order chi connectivity index (χ1) is 11.5. The van der Waals surface area contributed by atoms with Gasteiger partial charge in [-0.15, -0.1) is 0 Å². The molecule has 2 N–H and O–H groups in total. The molecule has 3 rings (SSSR count). The smallest absolute Gasteiger partial charge is 0.171 e. The molecule has 0 bridgehead atoms. The maximum atomic E-state index is 14.4. The van der Waals surface area contributed by atoms with E-state index in [9.17, 15) is 9.18 Å². The van der Waals surface area contributed by atoms with Crippen LogP contribution in [0.2, 0.25) is 5.02 Å². The molecule has 1 atom stereocenters. The van der Waals surface area contributed by atoms with Gasteiger partial charge in [-0.05, 0) is 36.8 Å². The number of hydrogen-bond donors (Lipinski definition) is 2. The van der Waals surface area contributed by atoms with Gasteiger partial charge in [0.2, 0.25) is 0 Å². The molecule has 1 aliphatic rings. The number of carbonyl (C=O) groups is 1. The van der Waals surface area contributed by atoms with Gasteiger partial charge in [-0.25, -0.2) is 4.39 Å². The van der Waals surface area contributed by atoms with Gasteiger partial charge in [0, 0.05) is 16.2 Å². The van der Waals surface area contributed by atoms with Crippen LogP contribution in [-0.4, -0.2) is 10.9 Å². The molecule has 24 heavy (non-hydrogen) atoms. The van der Waals surface area contributed by atoms with E-state index in [1.54, 1.807) is 6.07 Å². The van der Waals surface area contributed by atoms with E-state index in [-0.39, 0.29) is 16.4 Å². The molecular weight excluding hydrogens is 347 g/mol. The summed E-state index contributed by atoms with van der Waals surface area (Å²) < 4.78 is 14.4. The van der Waals surface area contributed by atoms with E-state index < -0.39 is 11.9 Å². The van der Waals surface area contributed by atoms with Crippen molar-refractivity contribution in [1.29, 1.82) is 0 Å². The highest BCUT2D eigenvalue weighted by atomic mass is 35.5. The second kappa shape index (κ2) is 6.71. The predicted molar refractivity (Wildman–Crippen MR) is 97.1 cm³/mol. The number of ketones is 1. The summed E-state index contributed by atoms with van der Waals surface area (Å²) in [5.74, 6) is -0.684. The van der Waals surface area contributed by atoms with E-state index in [0.29, 0.717) is 16.4 Å². The normalized spacial score (nSPS) is 17.3. The van der Waals surface area contributed by atoms with E-state index in [4.69, 9.17) is 23.8 Å².